The molecular weight excluding hydrogens is 214 g/mol. The number of ether oxygens (including phenoxy) is 1. The third-order valence-electron chi connectivity index (χ3n) is 2.79. The van der Waals surface area contributed by atoms with Crippen molar-refractivity contribution in [2.75, 3.05) is 13.7 Å². The van der Waals surface area contributed by atoms with E-state index in [1.165, 1.54) is 18.9 Å². The summed E-state index contributed by atoms with van der Waals surface area (Å²) in [6, 6.07) is -1.10. The second-order valence-corrected chi connectivity index (χ2v) is 3.77. The Hall–Kier alpha value is -1.59. The highest BCUT2D eigenvalue weighted by atomic mass is 16.5. The highest BCUT2D eigenvalue weighted by Crippen LogP contribution is 2.25. The highest BCUT2D eigenvalue weighted by Gasteiger charge is 2.42. The largest absolute Gasteiger partial charge is 0.480 e. The molecule has 1 fully saturated rings. The molecule has 0 radical (unpaired) electrons. The fourth-order valence-electron chi connectivity index (χ4n) is 2.05. The van der Waals surface area contributed by atoms with Crippen LogP contribution in [0.3, 0.4) is 0 Å². The number of carboxylic acid groups (broad SMARTS) is 1. The molecule has 1 aliphatic heterocycles. The molecule has 1 rings (SSSR count). The molecule has 0 aromatic carbocycles. The van der Waals surface area contributed by atoms with Crippen molar-refractivity contribution in [3.63, 3.8) is 0 Å². The zero-order valence-electron chi connectivity index (χ0n) is 9.30. The number of esters is 1. The lowest BCUT2D eigenvalue weighted by atomic mass is 9.89. The van der Waals surface area contributed by atoms with Crippen molar-refractivity contribution in [3.05, 3.63) is 0 Å². The number of carbonyl (C=O) groups is 3. The van der Waals surface area contributed by atoms with E-state index in [-0.39, 0.29) is 5.91 Å². The van der Waals surface area contributed by atoms with Gasteiger partial charge in [0, 0.05) is 13.5 Å². The van der Waals surface area contributed by atoms with Gasteiger partial charge in [0.1, 0.15) is 6.04 Å². The van der Waals surface area contributed by atoms with Crippen LogP contribution in [-0.4, -0.2) is 47.5 Å². The molecule has 1 aliphatic rings. The summed E-state index contributed by atoms with van der Waals surface area (Å²) in [5.41, 5.74) is 0. The number of aliphatic carboxylic acids is 1. The van der Waals surface area contributed by atoms with E-state index in [2.05, 4.69) is 4.74 Å². The second-order valence-electron chi connectivity index (χ2n) is 3.77. The Balaban J connectivity index is 2.95. The quantitative estimate of drug-likeness (QED) is 0.667. The molecule has 0 aromatic heterocycles. The summed E-state index contributed by atoms with van der Waals surface area (Å²) >= 11 is 0. The summed E-state index contributed by atoms with van der Waals surface area (Å²) in [5.74, 6) is -2.83. The van der Waals surface area contributed by atoms with Crippen molar-refractivity contribution in [2.24, 2.45) is 5.92 Å². The third-order valence-corrected chi connectivity index (χ3v) is 2.79. The van der Waals surface area contributed by atoms with Gasteiger partial charge >= 0.3 is 11.9 Å². The molecule has 16 heavy (non-hydrogen) atoms. The van der Waals surface area contributed by atoms with Crippen LogP contribution in [-0.2, 0) is 19.1 Å². The zero-order chi connectivity index (χ0) is 12.3. The summed E-state index contributed by atoms with van der Waals surface area (Å²) in [4.78, 5) is 35.0. The first-order valence-corrected chi connectivity index (χ1v) is 5.07. The molecule has 1 heterocycles. The summed E-state index contributed by atoms with van der Waals surface area (Å²) in [6.45, 7) is 1.68. The number of hydrogen-bond donors (Lipinski definition) is 1. The van der Waals surface area contributed by atoms with Crippen molar-refractivity contribution in [2.45, 2.75) is 25.8 Å². The van der Waals surface area contributed by atoms with Crippen molar-refractivity contribution in [1.29, 1.82) is 0 Å². The molecular formula is C10H15NO5. The molecule has 2 atom stereocenters. The minimum atomic E-state index is -1.16. The van der Waals surface area contributed by atoms with Crippen molar-refractivity contribution < 1.29 is 24.2 Å². The summed E-state index contributed by atoms with van der Waals surface area (Å²) in [7, 11) is 1.22. The second kappa shape index (κ2) is 4.96. The van der Waals surface area contributed by atoms with Crippen molar-refractivity contribution in [1.82, 2.24) is 4.90 Å². The molecule has 6 nitrogen and oxygen atoms in total. The summed E-state index contributed by atoms with van der Waals surface area (Å²) in [6.07, 6.45) is 1.05. The third kappa shape index (κ3) is 2.32. The molecule has 0 saturated carbocycles. The predicted molar refractivity (Wildman–Crippen MR) is 53.6 cm³/mol. The number of likely N-dealkylation sites (tertiary alicyclic amines) is 1. The van der Waals surface area contributed by atoms with Crippen LogP contribution < -0.4 is 0 Å². The van der Waals surface area contributed by atoms with Gasteiger partial charge in [0.25, 0.3) is 0 Å². The molecule has 0 unspecified atom stereocenters. The Kier molecular flexibility index (Phi) is 3.87. The van der Waals surface area contributed by atoms with E-state index in [0.29, 0.717) is 19.4 Å². The number of hydrogen-bond acceptors (Lipinski definition) is 4. The maximum absolute atomic E-state index is 11.4. The van der Waals surface area contributed by atoms with Crippen LogP contribution in [0.4, 0.5) is 0 Å². The first kappa shape index (κ1) is 12.5. The topological polar surface area (TPSA) is 83.9 Å². The number of carbonyl (C=O) groups excluding carboxylic acids is 2. The van der Waals surface area contributed by atoms with Gasteiger partial charge in [-0.1, -0.05) is 0 Å². The van der Waals surface area contributed by atoms with Crippen LogP contribution in [0.2, 0.25) is 0 Å². The lowest BCUT2D eigenvalue weighted by Gasteiger charge is -2.36. The fourth-order valence-corrected chi connectivity index (χ4v) is 2.05. The van der Waals surface area contributed by atoms with Crippen LogP contribution in [0.25, 0.3) is 0 Å². The van der Waals surface area contributed by atoms with Gasteiger partial charge in [-0.3, -0.25) is 9.59 Å². The standard InChI is InChI=1S/C10H15NO5/c1-6(12)11-5-3-4-7(10(15)16-2)8(11)9(13)14/h7-8H,3-5H2,1-2H3,(H,13,14)/t7-,8+/m0/s1. The Morgan fingerprint density at radius 1 is 1.38 bits per heavy atom. The van der Waals surface area contributed by atoms with Gasteiger partial charge in [-0.05, 0) is 12.8 Å². The minimum absolute atomic E-state index is 0.332. The van der Waals surface area contributed by atoms with Gasteiger partial charge < -0.3 is 14.7 Å². The number of amides is 1. The summed E-state index contributed by atoms with van der Waals surface area (Å²) < 4.78 is 4.56. The average molecular weight is 229 g/mol. The maximum atomic E-state index is 11.4. The van der Waals surface area contributed by atoms with Gasteiger partial charge in [0.15, 0.2) is 0 Å². The smallest absolute Gasteiger partial charge is 0.327 e. The number of piperidine rings is 1. The van der Waals surface area contributed by atoms with Gasteiger partial charge in [0.2, 0.25) is 5.91 Å². The Morgan fingerprint density at radius 3 is 2.44 bits per heavy atom. The molecule has 0 aromatic rings. The fraction of sp³-hybridized carbons (Fsp3) is 0.700. The molecule has 90 valence electrons. The highest BCUT2D eigenvalue weighted by molar-refractivity contribution is 5.88. The van der Waals surface area contributed by atoms with E-state index in [4.69, 9.17) is 5.11 Å². The van der Waals surface area contributed by atoms with E-state index >= 15 is 0 Å². The van der Waals surface area contributed by atoms with Gasteiger partial charge in [-0.2, -0.15) is 0 Å². The minimum Gasteiger partial charge on any atom is -0.480 e. The molecule has 6 heteroatoms. The monoisotopic (exact) mass is 229 g/mol. The zero-order valence-corrected chi connectivity index (χ0v) is 9.30. The Morgan fingerprint density at radius 2 is 2.00 bits per heavy atom. The Labute approximate surface area is 93.2 Å². The molecule has 1 N–H and O–H groups in total. The lowest BCUT2D eigenvalue weighted by molar-refractivity contribution is -0.163. The number of rotatable bonds is 2. The average Bonchev–Trinajstić information content (AvgIpc) is 2.26. The van der Waals surface area contributed by atoms with E-state index in [0.717, 1.165) is 0 Å². The number of carboxylic acids is 1. The van der Waals surface area contributed by atoms with Gasteiger partial charge in [-0.25, -0.2) is 4.79 Å². The van der Waals surface area contributed by atoms with Gasteiger partial charge in [-0.15, -0.1) is 0 Å². The molecule has 0 spiro atoms. The summed E-state index contributed by atoms with van der Waals surface area (Å²) in [5, 5.41) is 9.07. The molecule has 1 amide bonds. The van der Waals surface area contributed by atoms with Crippen LogP contribution in [0, 0.1) is 5.92 Å². The van der Waals surface area contributed by atoms with Crippen LogP contribution >= 0.6 is 0 Å². The predicted octanol–water partition coefficient (Wildman–Crippen LogP) is -0.129. The van der Waals surface area contributed by atoms with Gasteiger partial charge in [0.05, 0.1) is 13.0 Å². The number of nitrogens with zero attached hydrogens (tertiary/aromatic N) is 1. The van der Waals surface area contributed by atoms with Crippen molar-refractivity contribution >= 4 is 17.8 Å². The van der Waals surface area contributed by atoms with E-state index in [9.17, 15) is 14.4 Å². The van der Waals surface area contributed by atoms with Crippen LogP contribution in [0.5, 0.6) is 0 Å². The molecule has 0 aliphatic carbocycles. The van der Waals surface area contributed by atoms with E-state index in [1.807, 2.05) is 0 Å². The maximum Gasteiger partial charge on any atom is 0.327 e. The van der Waals surface area contributed by atoms with E-state index in [1.54, 1.807) is 0 Å². The molecule has 0 bridgehead atoms. The van der Waals surface area contributed by atoms with Crippen molar-refractivity contribution in [3.8, 4) is 0 Å². The van der Waals surface area contributed by atoms with E-state index < -0.39 is 23.9 Å². The Bertz CT molecular complexity index is 314. The number of methoxy groups -OCH3 is 1. The molecule has 1 saturated heterocycles. The normalized spacial score (nSPS) is 25.0. The SMILES string of the molecule is COC(=O)[C@H]1CCCN(C(C)=O)[C@H]1C(=O)O. The first-order chi connectivity index (χ1) is 7.49. The van der Waals surface area contributed by atoms with Crippen LogP contribution in [0.15, 0.2) is 0 Å². The first-order valence-electron chi connectivity index (χ1n) is 5.07. The van der Waals surface area contributed by atoms with Crippen LogP contribution in [0.1, 0.15) is 19.8 Å². The lowest BCUT2D eigenvalue weighted by Crippen LogP contribution is -2.54.